The van der Waals surface area contributed by atoms with E-state index >= 15 is 0 Å². The standard InChI is InChI=1S/C33H50BN3O6/c1-5-27(34-42-26-18-19-32(2,3)22-33(26,4)43-34)35-29(38)25-17-12-20-37(25)30(39)28(24-15-10-7-11-16-24)36-31(40)41-21-23-13-8-6-9-14-23/h6,8-9,13-14,24-28H,5,7,10-12,15-22H2,1-4H3,(H,35,38)(H,36,40)/t25?,26-,27?,28?,33+/m1/s1. The Kier molecular flexibility index (Phi) is 10.1. The Morgan fingerprint density at radius 2 is 1.77 bits per heavy atom. The second-order valence-electron chi connectivity index (χ2n) is 14.1. The highest BCUT2D eigenvalue weighted by Crippen LogP contribution is 2.47. The first-order chi connectivity index (χ1) is 20.6. The Morgan fingerprint density at radius 1 is 1.02 bits per heavy atom. The van der Waals surface area contributed by atoms with E-state index in [0.717, 1.165) is 63.4 Å². The predicted octanol–water partition coefficient (Wildman–Crippen LogP) is 5.16. The molecule has 2 aliphatic heterocycles. The highest BCUT2D eigenvalue weighted by Gasteiger charge is 2.55. The molecule has 2 saturated heterocycles. The first kappa shape index (κ1) is 31.8. The van der Waals surface area contributed by atoms with Gasteiger partial charge >= 0.3 is 13.2 Å². The van der Waals surface area contributed by atoms with E-state index in [-0.39, 0.29) is 47.4 Å². The van der Waals surface area contributed by atoms with Gasteiger partial charge in [-0.25, -0.2) is 4.79 Å². The number of likely N-dealkylation sites (tertiary alicyclic amines) is 1. The molecule has 0 spiro atoms. The van der Waals surface area contributed by atoms with Crippen LogP contribution in [-0.4, -0.2) is 66.2 Å². The number of carbonyl (C=O) groups excluding carboxylic acids is 3. The van der Waals surface area contributed by atoms with Gasteiger partial charge in [-0.1, -0.05) is 70.4 Å². The van der Waals surface area contributed by atoms with Crippen molar-refractivity contribution in [2.24, 2.45) is 11.3 Å². The Labute approximate surface area is 257 Å². The molecule has 10 heteroatoms. The molecule has 9 nitrogen and oxygen atoms in total. The minimum atomic E-state index is -0.716. The van der Waals surface area contributed by atoms with Crippen molar-refractivity contribution < 1.29 is 28.4 Å². The molecule has 4 fully saturated rings. The van der Waals surface area contributed by atoms with Gasteiger partial charge in [0.15, 0.2) is 0 Å². The summed E-state index contributed by atoms with van der Waals surface area (Å²) in [5.41, 5.74) is 0.705. The van der Waals surface area contributed by atoms with Crippen LogP contribution in [0.4, 0.5) is 4.79 Å². The normalized spacial score (nSPS) is 28.6. The zero-order chi connectivity index (χ0) is 30.6. The van der Waals surface area contributed by atoms with Gasteiger partial charge in [0, 0.05) is 6.54 Å². The van der Waals surface area contributed by atoms with Crippen molar-refractivity contribution in [1.29, 1.82) is 0 Å². The molecule has 5 rings (SSSR count). The molecule has 2 heterocycles. The number of alkyl carbamates (subject to hydrolysis) is 1. The molecular weight excluding hydrogens is 545 g/mol. The van der Waals surface area contributed by atoms with E-state index in [0.29, 0.717) is 19.4 Å². The van der Waals surface area contributed by atoms with Crippen LogP contribution in [0.5, 0.6) is 0 Å². The number of amides is 3. The fraction of sp³-hybridized carbons (Fsp3) is 0.727. The van der Waals surface area contributed by atoms with E-state index in [4.69, 9.17) is 14.0 Å². The maximum absolute atomic E-state index is 14.1. The maximum atomic E-state index is 14.1. The molecule has 0 bridgehead atoms. The molecular formula is C33H50BN3O6. The van der Waals surface area contributed by atoms with Crippen LogP contribution in [0.3, 0.4) is 0 Å². The lowest BCUT2D eigenvalue weighted by atomic mass is 9.69. The lowest BCUT2D eigenvalue weighted by Crippen LogP contribution is -2.58. The fourth-order valence-corrected chi connectivity index (χ4v) is 7.80. The van der Waals surface area contributed by atoms with Crippen LogP contribution in [0.25, 0.3) is 0 Å². The molecule has 0 aromatic heterocycles. The van der Waals surface area contributed by atoms with E-state index in [9.17, 15) is 14.4 Å². The smallest absolute Gasteiger partial charge is 0.445 e. The van der Waals surface area contributed by atoms with Gasteiger partial charge in [-0.05, 0) is 75.2 Å². The van der Waals surface area contributed by atoms with Gasteiger partial charge in [0.2, 0.25) is 11.8 Å². The summed E-state index contributed by atoms with van der Waals surface area (Å²) in [6, 6.07) is 8.18. The fourth-order valence-electron chi connectivity index (χ4n) is 7.80. The van der Waals surface area contributed by atoms with Crippen molar-refractivity contribution in [2.75, 3.05) is 6.54 Å². The van der Waals surface area contributed by atoms with Gasteiger partial charge in [-0.3, -0.25) is 9.59 Å². The van der Waals surface area contributed by atoms with Gasteiger partial charge in [-0.15, -0.1) is 0 Å². The first-order valence-electron chi connectivity index (χ1n) is 16.5. The van der Waals surface area contributed by atoms with Gasteiger partial charge < -0.3 is 29.6 Å². The lowest BCUT2D eigenvalue weighted by molar-refractivity contribution is -0.141. The largest absolute Gasteiger partial charge is 0.481 e. The summed E-state index contributed by atoms with van der Waals surface area (Å²) < 4.78 is 18.4. The molecule has 236 valence electrons. The number of nitrogens with zero attached hydrogens (tertiary/aromatic N) is 1. The number of benzene rings is 1. The quantitative estimate of drug-likeness (QED) is 0.382. The molecule has 2 saturated carbocycles. The summed E-state index contributed by atoms with van der Waals surface area (Å²) >= 11 is 0. The zero-order valence-corrected chi connectivity index (χ0v) is 26.4. The zero-order valence-electron chi connectivity index (χ0n) is 26.4. The second kappa shape index (κ2) is 13.6. The number of hydrogen-bond donors (Lipinski definition) is 2. The average Bonchev–Trinajstić information content (AvgIpc) is 3.62. The Hall–Kier alpha value is -2.59. The van der Waals surface area contributed by atoms with Gasteiger partial charge in [0.25, 0.3) is 0 Å². The SMILES string of the molecule is CCC(NC(=O)C1CCCN1C(=O)C(NC(=O)OCc1ccccc1)C1CCCCC1)B1O[C@@H]2CCC(C)(C)C[C@]2(C)O1. The van der Waals surface area contributed by atoms with Crippen LogP contribution >= 0.6 is 0 Å². The Bertz CT molecular complexity index is 1130. The number of nitrogens with one attached hydrogen (secondary N) is 2. The number of carbonyl (C=O) groups is 3. The minimum absolute atomic E-state index is 0.0185. The van der Waals surface area contributed by atoms with Crippen LogP contribution in [0.1, 0.15) is 104 Å². The van der Waals surface area contributed by atoms with E-state index in [2.05, 4.69) is 31.4 Å². The predicted molar refractivity (Wildman–Crippen MR) is 165 cm³/mol. The van der Waals surface area contributed by atoms with E-state index in [1.807, 2.05) is 37.3 Å². The molecule has 43 heavy (non-hydrogen) atoms. The summed E-state index contributed by atoms with van der Waals surface area (Å²) in [5.74, 6) is -0.662. The first-order valence-corrected chi connectivity index (χ1v) is 16.5. The average molecular weight is 596 g/mol. The third kappa shape index (κ3) is 7.56. The molecule has 4 aliphatic rings. The van der Waals surface area contributed by atoms with Crippen molar-refractivity contribution >= 4 is 25.0 Å². The lowest BCUT2D eigenvalue weighted by Gasteiger charge is -2.43. The Morgan fingerprint density at radius 3 is 2.49 bits per heavy atom. The van der Waals surface area contributed by atoms with E-state index < -0.39 is 25.3 Å². The van der Waals surface area contributed by atoms with Crippen LogP contribution in [-0.2, 0) is 30.2 Å². The van der Waals surface area contributed by atoms with E-state index in [1.165, 1.54) is 0 Å². The summed E-state index contributed by atoms with van der Waals surface area (Å²) in [6.07, 6.45) is 9.25. The Balaban J connectivity index is 1.23. The summed E-state index contributed by atoms with van der Waals surface area (Å²) in [5, 5.41) is 6.09. The van der Waals surface area contributed by atoms with Crippen LogP contribution < -0.4 is 10.6 Å². The summed E-state index contributed by atoms with van der Waals surface area (Å²) in [4.78, 5) is 42.4. The van der Waals surface area contributed by atoms with Crippen molar-refractivity contribution in [3.05, 3.63) is 35.9 Å². The van der Waals surface area contributed by atoms with Crippen molar-refractivity contribution in [3.8, 4) is 0 Å². The van der Waals surface area contributed by atoms with Crippen LogP contribution in [0.2, 0.25) is 0 Å². The molecule has 2 aliphatic carbocycles. The van der Waals surface area contributed by atoms with Crippen LogP contribution in [0.15, 0.2) is 30.3 Å². The summed E-state index contributed by atoms with van der Waals surface area (Å²) in [6.45, 7) is 9.32. The molecule has 1 aromatic carbocycles. The number of rotatable bonds is 9. The number of hydrogen-bond acceptors (Lipinski definition) is 6. The minimum Gasteiger partial charge on any atom is -0.445 e. The van der Waals surface area contributed by atoms with Gasteiger partial charge in [0.05, 0.1) is 17.6 Å². The van der Waals surface area contributed by atoms with Crippen LogP contribution in [0, 0.1) is 11.3 Å². The van der Waals surface area contributed by atoms with E-state index in [1.54, 1.807) is 4.90 Å². The molecule has 5 atom stereocenters. The third-order valence-corrected chi connectivity index (χ3v) is 10.1. The highest BCUT2D eigenvalue weighted by atomic mass is 16.7. The second-order valence-corrected chi connectivity index (χ2v) is 14.1. The number of fused-ring (bicyclic) bond motifs is 1. The van der Waals surface area contributed by atoms with Crippen molar-refractivity contribution in [1.82, 2.24) is 15.5 Å². The van der Waals surface area contributed by atoms with Crippen molar-refractivity contribution in [2.45, 2.75) is 135 Å². The van der Waals surface area contributed by atoms with Gasteiger partial charge in [-0.2, -0.15) is 0 Å². The molecule has 0 radical (unpaired) electrons. The summed E-state index contributed by atoms with van der Waals surface area (Å²) in [7, 11) is -0.514. The number of ether oxygens (including phenoxy) is 1. The molecule has 3 unspecified atom stereocenters. The monoisotopic (exact) mass is 595 g/mol. The highest BCUT2D eigenvalue weighted by molar-refractivity contribution is 6.47. The topological polar surface area (TPSA) is 106 Å². The molecule has 3 amide bonds. The molecule has 2 N–H and O–H groups in total. The molecule has 1 aromatic rings. The maximum Gasteiger partial charge on any atom is 0.481 e. The van der Waals surface area contributed by atoms with Crippen molar-refractivity contribution in [3.63, 3.8) is 0 Å². The van der Waals surface area contributed by atoms with Gasteiger partial charge in [0.1, 0.15) is 18.7 Å². The third-order valence-electron chi connectivity index (χ3n) is 10.1.